The van der Waals surface area contributed by atoms with Crippen LogP contribution >= 0.6 is 0 Å². The second-order valence-corrected chi connectivity index (χ2v) is 6.03. The SMILES string of the molecule is C=Cc1c(C=C)c(C(C)(C)C)c2ccccc2c1C. The molecule has 0 aliphatic carbocycles. The van der Waals surface area contributed by atoms with Crippen molar-refractivity contribution in [2.45, 2.75) is 33.1 Å². The Balaban J connectivity index is 3.10. The van der Waals surface area contributed by atoms with E-state index in [-0.39, 0.29) is 5.41 Å². The average molecular weight is 250 g/mol. The lowest BCUT2D eigenvalue weighted by molar-refractivity contribution is 0.594. The summed E-state index contributed by atoms with van der Waals surface area (Å²) in [7, 11) is 0. The maximum Gasteiger partial charge on any atom is -0.0120 e. The quantitative estimate of drug-likeness (QED) is 0.638. The molecule has 0 aliphatic heterocycles. The summed E-state index contributed by atoms with van der Waals surface area (Å²) >= 11 is 0. The Morgan fingerprint density at radius 3 is 1.89 bits per heavy atom. The molecule has 0 spiro atoms. The van der Waals surface area contributed by atoms with Gasteiger partial charge in [-0.2, -0.15) is 0 Å². The number of hydrogen-bond donors (Lipinski definition) is 0. The molecule has 2 aromatic carbocycles. The van der Waals surface area contributed by atoms with Gasteiger partial charge in [-0.15, -0.1) is 0 Å². The summed E-state index contributed by atoms with van der Waals surface area (Å²) in [6, 6.07) is 8.61. The summed E-state index contributed by atoms with van der Waals surface area (Å²) in [4.78, 5) is 0. The fraction of sp³-hybridized carbons (Fsp3) is 0.263. The molecule has 2 rings (SSSR count). The van der Waals surface area contributed by atoms with Gasteiger partial charge in [-0.1, -0.05) is 70.3 Å². The highest BCUT2D eigenvalue weighted by Gasteiger charge is 2.23. The van der Waals surface area contributed by atoms with Crippen molar-refractivity contribution in [3.63, 3.8) is 0 Å². The van der Waals surface area contributed by atoms with E-state index in [1.807, 2.05) is 12.2 Å². The molecule has 2 aromatic rings. The predicted molar refractivity (Wildman–Crippen MR) is 87.6 cm³/mol. The molecular weight excluding hydrogens is 228 g/mol. The van der Waals surface area contributed by atoms with Crippen molar-refractivity contribution in [1.29, 1.82) is 0 Å². The molecule has 0 saturated heterocycles. The van der Waals surface area contributed by atoms with Crippen LogP contribution in [-0.2, 0) is 5.41 Å². The Hall–Kier alpha value is -1.82. The van der Waals surface area contributed by atoms with Gasteiger partial charge in [0.2, 0.25) is 0 Å². The zero-order valence-corrected chi connectivity index (χ0v) is 12.4. The summed E-state index contributed by atoms with van der Waals surface area (Å²) in [5, 5.41) is 2.64. The van der Waals surface area contributed by atoms with Gasteiger partial charge in [0.1, 0.15) is 0 Å². The Bertz CT molecular complexity index is 652. The molecule has 0 heterocycles. The lowest BCUT2D eigenvalue weighted by Gasteiger charge is -2.27. The first kappa shape index (κ1) is 13.6. The van der Waals surface area contributed by atoms with Crippen LogP contribution in [-0.4, -0.2) is 0 Å². The van der Waals surface area contributed by atoms with Crippen molar-refractivity contribution in [3.05, 3.63) is 59.7 Å². The van der Waals surface area contributed by atoms with Crippen LogP contribution in [0.5, 0.6) is 0 Å². The first-order chi connectivity index (χ1) is 8.91. The topological polar surface area (TPSA) is 0 Å². The lowest BCUT2D eigenvalue weighted by atomic mass is 9.77. The van der Waals surface area contributed by atoms with Crippen LogP contribution in [0.1, 0.15) is 43.0 Å². The highest BCUT2D eigenvalue weighted by Crippen LogP contribution is 2.38. The molecule has 0 aromatic heterocycles. The number of rotatable bonds is 2. The van der Waals surface area contributed by atoms with Gasteiger partial charge in [0.15, 0.2) is 0 Å². The number of benzene rings is 2. The van der Waals surface area contributed by atoms with E-state index in [0.29, 0.717) is 0 Å². The number of hydrogen-bond acceptors (Lipinski definition) is 0. The standard InChI is InChI=1S/C19H22/c1-7-14-13(3)16-11-9-10-12-17(16)18(15(14)8-2)19(4,5)6/h7-12H,1-2H2,3-6H3. The van der Waals surface area contributed by atoms with E-state index in [2.05, 4.69) is 65.1 Å². The smallest absolute Gasteiger partial charge is 0.0120 e. The van der Waals surface area contributed by atoms with Gasteiger partial charge < -0.3 is 0 Å². The van der Waals surface area contributed by atoms with E-state index >= 15 is 0 Å². The van der Waals surface area contributed by atoms with Gasteiger partial charge in [-0.05, 0) is 45.4 Å². The normalized spacial score (nSPS) is 11.6. The van der Waals surface area contributed by atoms with Crippen LogP contribution in [0.2, 0.25) is 0 Å². The minimum atomic E-state index is 0.0780. The maximum absolute atomic E-state index is 4.01. The third kappa shape index (κ3) is 2.12. The molecule has 0 atom stereocenters. The number of fused-ring (bicyclic) bond motifs is 1. The molecule has 98 valence electrons. The fourth-order valence-electron chi connectivity index (χ4n) is 2.94. The average Bonchev–Trinajstić information content (AvgIpc) is 2.36. The molecule has 0 aliphatic rings. The van der Waals surface area contributed by atoms with Crippen LogP contribution in [0.25, 0.3) is 22.9 Å². The summed E-state index contributed by atoms with van der Waals surface area (Å²) in [5.74, 6) is 0. The van der Waals surface area contributed by atoms with Gasteiger partial charge in [0.25, 0.3) is 0 Å². The van der Waals surface area contributed by atoms with E-state index in [4.69, 9.17) is 0 Å². The predicted octanol–water partition coefficient (Wildman–Crippen LogP) is 5.73. The summed E-state index contributed by atoms with van der Waals surface area (Å²) in [6.07, 6.45) is 3.92. The monoisotopic (exact) mass is 250 g/mol. The molecule has 0 bridgehead atoms. The van der Waals surface area contributed by atoms with Crippen LogP contribution in [0, 0.1) is 6.92 Å². The van der Waals surface area contributed by atoms with E-state index < -0.39 is 0 Å². The van der Waals surface area contributed by atoms with E-state index in [0.717, 1.165) is 0 Å². The molecule has 19 heavy (non-hydrogen) atoms. The minimum Gasteiger partial charge on any atom is -0.0984 e. The second-order valence-electron chi connectivity index (χ2n) is 6.03. The third-order valence-electron chi connectivity index (χ3n) is 3.72. The molecular formula is C19H22. The second kappa shape index (κ2) is 4.70. The van der Waals surface area contributed by atoms with Gasteiger partial charge in [0.05, 0.1) is 0 Å². The van der Waals surface area contributed by atoms with E-state index in [1.165, 1.54) is 33.0 Å². The fourth-order valence-corrected chi connectivity index (χ4v) is 2.94. The Labute approximate surface area is 116 Å². The van der Waals surface area contributed by atoms with Gasteiger partial charge in [-0.25, -0.2) is 0 Å². The molecule has 0 saturated carbocycles. The lowest BCUT2D eigenvalue weighted by Crippen LogP contribution is -2.15. The molecule has 0 heteroatoms. The molecule has 0 unspecified atom stereocenters. The highest BCUT2D eigenvalue weighted by atomic mass is 14.3. The zero-order chi connectivity index (χ0) is 14.2. The highest BCUT2D eigenvalue weighted by molar-refractivity contribution is 5.96. The van der Waals surface area contributed by atoms with E-state index in [1.54, 1.807) is 0 Å². The maximum atomic E-state index is 4.01. The Morgan fingerprint density at radius 1 is 0.895 bits per heavy atom. The van der Waals surface area contributed by atoms with E-state index in [9.17, 15) is 0 Å². The minimum absolute atomic E-state index is 0.0780. The first-order valence-corrected chi connectivity index (χ1v) is 6.72. The summed E-state index contributed by atoms with van der Waals surface area (Å²) in [6.45, 7) is 16.9. The molecule has 0 fully saturated rings. The van der Waals surface area contributed by atoms with Gasteiger partial charge >= 0.3 is 0 Å². The molecule has 0 N–H and O–H groups in total. The molecule has 0 nitrogen and oxygen atoms in total. The Kier molecular flexibility index (Phi) is 3.36. The summed E-state index contributed by atoms with van der Waals surface area (Å²) < 4.78 is 0. The zero-order valence-electron chi connectivity index (χ0n) is 12.4. The number of aryl methyl sites for hydroxylation is 1. The van der Waals surface area contributed by atoms with Crippen molar-refractivity contribution in [2.24, 2.45) is 0 Å². The van der Waals surface area contributed by atoms with Gasteiger partial charge in [-0.3, -0.25) is 0 Å². The van der Waals surface area contributed by atoms with Crippen LogP contribution < -0.4 is 0 Å². The summed E-state index contributed by atoms with van der Waals surface area (Å²) in [5.41, 5.74) is 5.15. The molecule has 0 radical (unpaired) electrons. The first-order valence-electron chi connectivity index (χ1n) is 6.72. The van der Waals surface area contributed by atoms with Crippen LogP contribution in [0.15, 0.2) is 37.4 Å². The van der Waals surface area contributed by atoms with Crippen LogP contribution in [0.3, 0.4) is 0 Å². The van der Waals surface area contributed by atoms with Crippen LogP contribution in [0.4, 0.5) is 0 Å². The molecule has 0 amide bonds. The third-order valence-corrected chi connectivity index (χ3v) is 3.72. The van der Waals surface area contributed by atoms with Crippen molar-refractivity contribution < 1.29 is 0 Å². The van der Waals surface area contributed by atoms with Crippen molar-refractivity contribution in [3.8, 4) is 0 Å². The van der Waals surface area contributed by atoms with Crippen molar-refractivity contribution in [2.75, 3.05) is 0 Å². The van der Waals surface area contributed by atoms with Crippen molar-refractivity contribution >= 4 is 22.9 Å². The largest absolute Gasteiger partial charge is 0.0984 e. The van der Waals surface area contributed by atoms with Gasteiger partial charge in [0, 0.05) is 0 Å². The van der Waals surface area contributed by atoms with Crippen molar-refractivity contribution in [1.82, 2.24) is 0 Å². The Morgan fingerprint density at radius 2 is 1.42 bits per heavy atom.